The maximum absolute atomic E-state index is 13.3. The van der Waals surface area contributed by atoms with E-state index in [0.717, 1.165) is 12.1 Å². The summed E-state index contributed by atoms with van der Waals surface area (Å²) in [5.41, 5.74) is 5.65. The van der Waals surface area contributed by atoms with E-state index < -0.39 is 11.6 Å². The number of nitrogens with two attached hydrogens (primary N) is 1. The van der Waals surface area contributed by atoms with Gasteiger partial charge in [0.2, 0.25) is 0 Å². The molecule has 2 aromatic rings. The Hall–Kier alpha value is -2.11. The van der Waals surface area contributed by atoms with Gasteiger partial charge in [-0.1, -0.05) is 5.16 Å². The second-order valence-corrected chi connectivity index (χ2v) is 3.20. The van der Waals surface area contributed by atoms with Crippen LogP contribution in [-0.2, 0) is 6.54 Å². The monoisotopic (exact) mass is 225 g/mol. The van der Waals surface area contributed by atoms with E-state index in [1.165, 1.54) is 6.26 Å². The lowest BCUT2D eigenvalue weighted by Crippen LogP contribution is -2.05. The van der Waals surface area contributed by atoms with Crippen LogP contribution in [0.2, 0.25) is 0 Å². The molecule has 84 valence electrons. The summed E-state index contributed by atoms with van der Waals surface area (Å²) in [5.74, 6) is -1.47. The fraction of sp³-hybridized carbons (Fsp3) is 0.100. The molecule has 0 aliphatic carbocycles. The van der Waals surface area contributed by atoms with Crippen LogP contribution in [0.5, 0.6) is 0 Å². The highest BCUT2D eigenvalue weighted by Crippen LogP contribution is 2.22. The molecule has 0 spiro atoms. The first kappa shape index (κ1) is 10.4. The Kier molecular flexibility index (Phi) is 2.72. The van der Waals surface area contributed by atoms with Crippen LogP contribution in [-0.4, -0.2) is 5.16 Å². The highest BCUT2D eigenvalue weighted by molar-refractivity contribution is 5.54. The van der Waals surface area contributed by atoms with Crippen molar-refractivity contribution in [2.75, 3.05) is 11.1 Å². The normalized spacial score (nSPS) is 10.4. The molecule has 1 aromatic heterocycles. The van der Waals surface area contributed by atoms with Crippen molar-refractivity contribution in [3.63, 3.8) is 0 Å². The fourth-order valence-corrected chi connectivity index (χ4v) is 1.27. The number of nitrogens with one attached hydrogen (secondary N) is 1. The van der Waals surface area contributed by atoms with Crippen molar-refractivity contribution in [1.82, 2.24) is 5.16 Å². The van der Waals surface area contributed by atoms with Crippen molar-refractivity contribution in [1.29, 1.82) is 0 Å². The summed E-state index contributed by atoms with van der Waals surface area (Å²) >= 11 is 0. The van der Waals surface area contributed by atoms with Gasteiger partial charge in [-0.3, -0.25) is 0 Å². The standard InChI is InChI=1S/C10H9F2N3O/c11-8-3-6(13)4-9(12)10(8)14-5-7-1-2-16-15-7/h1-4,14H,5,13H2. The summed E-state index contributed by atoms with van der Waals surface area (Å²) in [6.07, 6.45) is 1.38. The maximum atomic E-state index is 13.3. The summed E-state index contributed by atoms with van der Waals surface area (Å²) in [6, 6.07) is 3.70. The summed E-state index contributed by atoms with van der Waals surface area (Å²) in [5, 5.41) is 6.18. The van der Waals surface area contributed by atoms with Gasteiger partial charge in [-0.15, -0.1) is 0 Å². The number of benzene rings is 1. The third kappa shape index (κ3) is 2.10. The summed E-state index contributed by atoms with van der Waals surface area (Å²) in [4.78, 5) is 0. The van der Waals surface area contributed by atoms with Crippen LogP contribution >= 0.6 is 0 Å². The van der Waals surface area contributed by atoms with E-state index in [-0.39, 0.29) is 17.9 Å². The smallest absolute Gasteiger partial charge is 0.151 e. The SMILES string of the molecule is Nc1cc(F)c(NCc2ccon2)c(F)c1. The Labute approximate surface area is 90.0 Å². The molecule has 0 amide bonds. The van der Waals surface area contributed by atoms with Gasteiger partial charge in [0.05, 0.1) is 6.54 Å². The molecule has 0 fully saturated rings. The van der Waals surface area contributed by atoms with Gasteiger partial charge in [0.25, 0.3) is 0 Å². The zero-order valence-corrected chi connectivity index (χ0v) is 8.21. The van der Waals surface area contributed by atoms with E-state index in [1.807, 2.05) is 0 Å². The van der Waals surface area contributed by atoms with Crippen molar-refractivity contribution >= 4 is 11.4 Å². The van der Waals surface area contributed by atoms with Crippen LogP contribution in [0.25, 0.3) is 0 Å². The quantitative estimate of drug-likeness (QED) is 0.785. The second-order valence-electron chi connectivity index (χ2n) is 3.20. The van der Waals surface area contributed by atoms with Crippen molar-refractivity contribution in [3.8, 4) is 0 Å². The predicted molar refractivity (Wildman–Crippen MR) is 54.6 cm³/mol. The van der Waals surface area contributed by atoms with Gasteiger partial charge in [0.1, 0.15) is 17.6 Å². The largest absolute Gasteiger partial charge is 0.399 e. The zero-order valence-electron chi connectivity index (χ0n) is 8.21. The first-order chi connectivity index (χ1) is 7.66. The van der Waals surface area contributed by atoms with E-state index in [4.69, 9.17) is 5.73 Å². The maximum Gasteiger partial charge on any atom is 0.151 e. The highest BCUT2D eigenvalue weighted by atomic mass is 19.1. The van der Waals surface area contributed by atoms with Crippen LogP contribution in [0, 0.1) is 11.6 Å². The third-order valence-electron chi connectivity index (χ3n) is 2.00. The van der Waals surface area contributed by atoms with Gasteiger partial charge < -0.3 is 15.6 Å². The Balaban J connectivity index is 2.15. The van der Waals surface area contributed by atoms with Gasteiger partial charge in [0.15, 0.2) is 11.6 Å². The number of anilines is 2. The van der Waals surface area contributed by atoms with E-state index >= 15 is 0 Å². The zero-order chi connectivity index (χ0) is 11.5. The Morgan fingerprint density at radius 2 is 2.00 bits per heavy atom. The molecule has 2 rings (SSSR count). The molecule has 0 saturated heterocycles. The number of hydrogen-bond donors (Lipinski definition) is 2. The molecule has 0 atom stereocenters. The topological polar surface area (TPSA) is 64.1 Å². The lowest BCUT2D eigenvalue weighted by atomic mass is 10.2. The van der Waals surface area contributed by atoms with Gasteiger partial charge >= 0.3 is 0 Å². The average Bonchev–Trinajstić information content (AvgIpc) is 2.68. The first-order valence-electron chi connectivity index (χ1n) is 4.54. The molecule has 0 radical (unpaired) electrons. The van der Waals surface area contributed by atoms with Crippen molar-refractivity contribution in [2.45, 2.75) is 6.54 Å². The third-order valence-corrected chi connectivity index (χ3v) is 2.00. The van der Waals surface area contributed by atoms with Gasteiger partial charge in [0, 0.05) is 11.8 Å². The Morgan fingerprint density at radius 3 is 2.56 bits per heavy atom. The number of hydrogen-bond acceptors (Lipinski definition) is 4. The van der Waals surface area contributed by atoms with Crippen LogP contribution in [0.4, 0.5) is 20.2 Å². The van der Waals surface area contributed by atoms with E-state index in [1.54, 1.807) is 6.07 Å². The highest BCUT2D eigenvalue weighted by Gasteiger charge is 2.10. The number of halogens is 2. The van der Waals surface area contributed by atoms with Crippen molar-refractivity contribution in [3.05, 3.63) is 41.8 Å². The Morgan fingerprint density at radius 1 is 1.31 bits per heavy atom. The number of aromatic nitrogens is 1. The summed E-state index contributed by atoms with van der Waals surface area (Å²) < 4.78 is 31.2. The molecule has 6 heteroatoms. The Bertz CT molecular complexity index is 462. The average molecular weight is 225 g/mol. The van der Waals surface area contributed by atoms with Gasteiger partial charge in [-0.05, 0) is 12.1 Å². The minimum Gasteiger partial charge on any atom is -0.399 e. The fourth-order valence-electron chi connectivity index (χ4n) is 1.27. The van der Waals surface area contributed by atoms with Gasteiger partial charge in [-0.25, -0.2) is 8.78 Å². The molecular formula is C10H9F2N3O. The molecule has 0 saturated carbocycles. The minimum atomic E-state index is -0.735. The van der Waals surface area contributed by atoms with Crippen LogP contribution in [0.3, 0.4) is 0 Å². The van der Waals surface area contributed by atoms with Crippen LogP contribution < -0.4 is 11.1 Å². The number of nitrogens with zero attached hydrogens (tertiary/aromatic N) is 1. The van der Waals surface area contributed by atoms with E-state index in [0.29, 0.717) is 5.69 Å². The number of rotatable bonds is 3. The number of nitrogen functional groups attached to an aromatic ring is 1. The molecule has 1 heterocycles. The van der Waals surface area contributed by atoms with E-state index in [2.05, 4.69) is 15.0 Å². The molecular weight excluding hydrogens is 216 g/mol. The molecule has 3 N–H and O–H groups in total. The van der Waals surface area contributed by atoms with E-state index in [9.17, 15) is 8.78 Å². The molecule has 4 nitrogen and oxygen atoms in total. The summed E-state index contributed by atoms with van der Waals surface area (Å²) in [6.45, 7) is 0.175. The lowest BCUT2D eigenvalue weighted by Gasteiger charge is -2.07. The molecule has 16 heavy (non-hydrogen) atoms. The minimum absolute atomic E-state index is 0.0435. The molecule has 0 unspecified atom stereocenters. The second kappa shape index (κ2) is 4.18. The van der Waals surface area contributed by atoms with Crippen molar-refractivity contribution in [2.24, 2.45) is 0 Å². The molecule has 0 aliphatic heterocycles. The predicted octanol–water partition coefficient (Wildman–Crippen LogP) is 2.15. The van der Waals surface area contributed by atoms with Crippen molar-refractivity contribution < 1.29 is 13.3 Å². The molecule has 0 bridgehead atoms. The van der Waals surface area contributed by atoms with Gasteiger partial charge in [-0.2, -0.15) is 0 Å². The first-order valence-corrected chi connectivity index (χ1v) is 4.54. The molecule has 0 aliphatic rings. The summed E-state index contributed by atoms with van der Waals surface area (Å²) in [7, 11) is 0. The van der Waals surface area contributed by atoms with Crippen LogP contribution in [0.15, 0.2) is 29.0 Å². The van der Waals surface area contributed by atoms with Crippen LogP contribution in [0.1, 0.15) is 5.69 Å². The molecule has 1 aromatic carbocycles. The lowest BCUT2D eigenvalue weighted by molar-refractivity contribution is 0.412.